The molecule has 4 nitrogen and oxygen atoms in total. The lowest BCUT2D eigenvalue weighted by Crippen LogP contribution is -2.62. The van der Waals surface area contributed by atoms with E-state index in [4.69, 9.17) is 21.1 Å². The predicted octanol–water partition coefficient (Wildman–Crippen LogP) is 4.10. The number of alkyl halides is 3. The summed E-state index contributed by atoms with van der Waals surface area (Å²) in [5.74, 6) is -1.66. The van der Waals surface area contributed by atoms with Gasteiger partial charge in [-0.15, -0.1) is 0 Å². The maximum absolute atomic E-state index is 12.7. The van der Waals surface area contributed by atoms with E-state index < -0.39 is 29.8 Å². The van der Waals surface area contributed by atoms with Crippen LogP contribution in [-0.4, -0.2) is 37.4 Å². The Labute approximate surface area is 158 Å². The van der Waals surface area contributed by atoms with Crippen molar-refractivity contribution < 1.29 is 27.4 Å². The maximum atomic E-state index is 12.7. The van der Waals surface area contributed by atoms with Crippen molar-refractivity contribution in [1.29, 1.82) is 0 Å². The molecule has 27 heavy (non-hydrogen) atoms. The van der Waals surface area contributed by atoms with Gasteiger partial charge < -0.3 is 14.8 Å². The third-order valence-electron chi connectivity index (χ3n) is 5.40. The zero-order chi connectivity index (χ0) is 19.2. The van der Waals surface area contributed by atoms with Crippen LogP contribution in [0.2, 0.25) is 5.02 Å². The van der Waals surface area contributed by atoms with Crippen molar-refractivity contribution in [1.82, 2.24) is 5.32 Å². The first-order valence-electron chi connectivity index (χ1n) is 8.63. The zero-order valence-corrected chi connectivity index (χ0v) is 14.9. The van der Waals surface area contributed by atoms with Gasteiger partial charge in [-0.25, -0.2) is 4.79 Å². The van der Waals surface area contributed by atoms with Crippen LogP contribution in [-0.2, 0) is 9.53 Å². The number of carbonyl (C=O) groups is 1. The fourth-order valence-electron chi connectivity index (χ4n) is 4.02. The fraction of sp³-hybridized carbons (Fsp3) is 0.421. The molecule has 1 aliphatic heterocycles. The largest absolute Gasteiger partial charge is 0.490 e. The topological polar surface area (TPSA) is 47.6 Å². The standard InChI is InChI=1S/C19H17ClF3NO3/c20-13-5-6-14(12-4-2-1-3-11(12)13)26-15-9-18(7-8-24-10-18)16(15)27-17(25)19(21,22)23/h1-6,15-16,24H,7-10H2. The average molecular weight is 400 g/mol. The summed E-state index contributed by atoms with van der Waals surface area (Å²) in [6, 6.07) is 10.7. The number of esters is 1. The average Bonchev–Trinajstić information content (AvgIpc) is 3.12. The van der Waals surface area contributed by atoms with Crippen molar-refractivity contribution >= 4 is 28.3 Å². The van der Waals surface area contributed by atoms with Gasteiger partial charge in [-0.2, -0.15) is 13.2 Å². The zero-order valence-electron chi connectivity index (χ0n) is 14.2. The molecule has 1 heterocycles. The van der Waals surface area contributed by atoms with E-state index >= 15 is 0 Å². The van der Waals surface area contributed by atoms with Gasteiger partial charge in [0.05, 0.1) is 0 Å². The summed E-state index contributed by atoms with van der Waals surface area (Å²) in [6.07, 6.45) is -5.45. The third kappa shape index (κ3) is 3.23. The summed E-state index contributed by atoms with van der Waals surface area (Å²) in [5, 5.41) is 5.24. The number of fused-ring (bicyclic) bond motifs is 1. The van der Waals surface area contributed by atoms with Crippen LogP contribution in [0.1, 0.15) is 12.8 Å². The molecule has 8 heteroatoms. The first kappa shape index (κ1) is 18.4. The lowest BCUT2D eigenvalue weighted by Gasteiger charge is -2.51. The Morgan fingerprint density at radius 3 is 2.59 bits per heavy atom. The normalized spacial score (nSPS) is 27.6. The van der Waals surface area contributed by atoms with Gasteiger partial charge in [0.1, 0.15) is 18.0 Å². The molecule has 1 spiro atoms. The van der Waals surface area contributed by atoms with Gasteiger partial charge in [0.25, 0.3) is 0 Å². The quantitative estimate of drug-likeness (QED) is 0.789. The summed E-state index contributed by atoms with van der Waals surface area (Å²) in [5.41, 5.74) is -0.506. The number of ether oxygens (including phenoxy) is 2. The van der Waals surface area contributed by atoms with Gasteiger partial charge in [0.2, 0.25) is 0 Å². The Kier molecular flexibility index (Phi) is 4.47. The van der Waals surface area contributed by atoms with Crippen LogP contribution in [0, 0.1) is 5.41 Å². The molecule has 3 atom stereocenters. The second kappa shape index (κ2) is 6.56. The van der Waals surface area contributed by atoms with Crippen LogP contribution in [0.15, 0.2) is 36.4 Å². The number of rotatable bonds is 3. The maximum Gasteiger partial charge on any atom is 0.490 e. The lowest BCUT2D eigenvalue weighted by atomic mass is 9.63. The first-order chi connectivity index (χ1) is 12.8. The van der Waals surface area contributed by atoms with Gasteiger partial charge in [-0.05, 0) is 31.5 Å². The Hall–Kier alpha value is -1.99. The van der Waals surface area contributed by atoms with Gasteiger partial charge in [0, 0.05) is 27.8 Å². The van der Waals surface area contributed by atoms with E-state index in [1.54, 1.807) is 12.1 Å². The summed E-state index contributed by atoms with van der Waals surface area (Å²) < 4.78 is 49.0. The number of carbonyl (C=O) groups excluding carboxylic acids is 1. The van der Waals surface area contributed by atoms with Crippen LogP contribution in [0.3, 0.4) is 0 Å². The highest BCUT2D eigenvalue weighted by molar-refractivity contribution is 6.35. The molecule has 2 aromatic rings. The molecule has 0 radical (unpaired) electrons. The highest BCUT2D eigenvalue weighted by Gasteiger charge is 2.60. The SMILES string of the molecule is O=C(OC1C(Oc2ccc(Cl)c3ccccc23)CC12CCNC2)C(F)(F)F. The van der Waals surface area contributed by atoms with E-state index in [9.17, 15) is 18.0 Å². The molecule has 1 saturated heterocycles. The minimum Gasteiger partial charge on any atom is -0.486 e. The van der Waals surface area contributed by atoms with Crippen molar-refractivity contribution in [3.05, 3.63) is 41.4 Å². The van der Waals surface area contributed by atoms with Crippen LogP contribution >= 0.6 is 11.6 Å². The molecular weight excluding hydrogens is 383 g/mol. The third-order valence-corrected chi connectivity index (χ3v) is 5.73. The van der Waals surface area contributed by atoms with Crippen LogP contribution in [0.5, 0.6) is 5.75 Å². The van der Waals surface area contributed by atoms with E-state index in [1.165, 1.54) is 0 Å². The van der Waals surface area contributed by atoms with Crippen molar-refractivity contribution in [2.24, 2.45) is 5.41 Å². The van der Waals surface area contributed by atoms with E-state index in [1.807, 2.05) is 24.3 Å². The highest BCUT2D eigenvalue weighted by Crippen LogP contribution is 2.50. The van der Waals surface area contributed by atoms with Crippen LogP contribution < -0.4 is 10.1 Å². The summed E-state index contributed by atoms with van der Waals surface area (Å²) in [7, 11) is 0. The molecule has 0 amide bonds. The van der Waals surface area contributed by atoms with Crippen molar-refractivity contribution in [2.45, 2.75) is 31.2 Å². The summed E-state index contributed by atoms with van der Waals surface area (Å²) in [4.78, 5) is 11.4. The monoisotopic (exact) mass is 399 g/mol. The molecule has 3 unspecified atom stereocenters. The van der Waals surface area contributed by atoms with Gasteiger partial charge in [0.15, 0.2) is 0 Å². The van der Waals surface area contributed by atoms with E-state index in [2.05, 4.69) is 5.32 Å². The van der Waals surface area contributed by atoms with Crippen LogP contribution in [0.25, 0.3) is 10.8 Å². The molecular formula is C19H17ClF3NO3. The Balaban J connectivity index is 1.60. The minimum atomic E-state index is -5.03. The second-order valence-corrected chi connectivity index (χ2v) is 7.47. The second-order valence-electron chi connectivity index (χ2n) is 7.06. The van der Waals surface area contributed by atoms with Gasteiger partial charge in [-0.1, -0.05) is 35.9 Å². The first-order valence-corrected chi connectivity index (χ1v) is 9.00. The molecule has 2 fully saturated rings. The fourth-order valence-corrected chi connectivity index (χ4v) is 4.25. The Morgan fingerprint density at radius 1 is 1.19 bits per heavy atom. The van der Waals surface area contributed by atoms with Crippen molar-refractivity contribution in [2.75, 3.05) is 13.1 Å². The lowest BCUT2D eigenvalue weighted by molar-refractivity contribution is -0.232. The number of hydrogen-bond donors (Lipinski definition) is 1. The van der Waals surface area contributed by atoms with Crippen molar-refractivity contribution in [3.63, 3.8) is 0 Å². The van der Waals surface area contributed by atoms with E-state index in [-0.39, 0.29) is 0 Å². The van der Waals surface area contributed by atoms with E-state index in [0.717, 1.165) is 10.8 Å². The number of halogens is 4. The molecule has 0 bridgehead atoms. The van der Waals surface area contributed by atoms with Gasteiger partial charge >= 0.3 is 12.1 Å². The van der Waals surface area contributed by atoms with E-state index in [0.29, 0.717) is 36.7 Å². The molecule has 2 aromatic carbocycles. The molecule has 1 aliphatic carbocycles. The molecule has 144 valence electrons. The summed E-state index contributed by atoms with van der Waals surface area (Å²) in [6.45, 7) is 1.18. The molecule has 2 aliphatic rings. The number of nitrogens with one attached hydrogen (secondary N) is 1. The smallest absolute Gasteiger partial charge is 0.486 e. The molecule has 1 saturated carbocycles. The van der Waals surface area contributed by atoms with Crippen LogP contribution in [0.4, 0.5) is 13.2 Å². The Morgan fingerprint density at radius 2 is 1.93 bits per heavy atom. The molecule has 0 aromatic heterocycles. The molecule has 4 rings (SSSR count). The van der Waals surface area contributed by atoms with Gasteiger partial charge in [-0.3, -0.25) is 0 Å². The van der Waals surface area contributed by atoms with Crippen molar-refractivity contribution in [3.8, 4) is 5.75 Å². The Bertz CT molecular complexity index is 880. The highest BCUT2D eigenvalue weighted by atomic mass is 35.5. The number of hydrogen-bond acceptors (Lipinski definition) is 4. The minimum absolute atomic E-state index is 0.504. The predicted molar refractivity (Wildman–Crippen MR) is 93.8 cm³/mol. The number of benzene rings is 2. The molecule has 1 N–H and O–H groups in total. The summed E-state index contributed by atoms with van der Waals surface area (Å²) >= 11 is 6.20.